The van der Waals surface area contributed by atoms with Crippen LogP contribution in [0, 0.1) is 6.92 Å². The number of methoxy groups -OCH3 is 1. The van der Waals surface area contributed by atoms with Crippen LogP contribution >= 0.6 is 0 Å². The predicted octanol–water partition coefficient (Wildman–Crippen LogP) is 2.78. The van der Waals surface area contributed by atoms with Crippen LogP contribution in [0.25, 0.3) is 22.3 Å². The Morgan fingerprint density at radius 1 is 1.10 bits per heavy atom. The number of hydrogen-bond acceptors (Lipinski definition) is 10. The van der Waals surface area contributed by atoms with E-state index in [9.17, 15) is 13.2 Å². The van der Waals surface area contributed by atoms with Gasteiger partial charge in [-0.15, -0.1) is 0 Å². The van der Waals surface area contributed by atoms with Crippen molar-refractivity contribution in [2.24, 2.45) is 0 Å². The zero-order valence-electron chi connectivity index (χ0n) is 22.2. The van der Waals surface area contributed by atoms with E-state index in [0.29, 0.717) is 34.0 Å². The van der Waals surface area contributed by atoms with Gasteiger partial charge in [0.2, 0.25) is 15.9 Å². The first-order valence-corrected chi connectivity index (χ1v) is 14.0. The Kier molecular flexibility index (Phi) is 6.85. The lowest BCUT2D eigenvalue weighted by molar-refractivity contribution is 0.400. The monoisotopic (exact) mass is 561 g/mol. The smallest absolute Gasteiger partial charge is 0.282 e. The molecule has 4 N–H and O–H groups in total. The Labute approximate surface area is 229 Å². The molecule has 0 amide bonds. The molecule has 0 fully saturated rings. The van der Waals surface area contributed by atoms with Gasteiger partial charge < -0.3 is 15.8 Å². The van der Waals surface area contributed by atoms with Crippen molar-refractivity contribution in [3.8, 4) is 22.7 Å². The lowest BCUT2D eigenvalue weighted by atomic mass is 10.1. The number of benzene rings is 1. The van der Waals surface area contributed by atoms with Gasteiger partial charge in [0.25, 0.3) is 5.56 Å². The number of nitrogen functional groups attached to an aromatic ring is 1. The summed E-state index contributed by atoms with van der Waals surface area (Å²) in [5.41, 5.74) is 8.94. The second kappa shape index (κ2) is 10.3. The molecule has 13 nitrogen and oxygen atoms in total. The number of rotatable bonds is 8. The summed E-state index contributed by atoms with van der Waals surface area (Å²) < 4.78 is 34.6. The van der Waals surface area contributed by atoms with Gasteiger partial charge in [-0.1, -0.05) is 18.2 Å². The highest BCUT2D eigenvalue weighted by molar-refractivity contribution is 7.92. The minimum atomic E-state index is -3.63. The third-order valence-electron chi connectivity index (χ3n) is 6.17. The minimum absolute atomic E-state index is 0.0823. The summed E-state index contributed by atoms with van der Waals surface area (Å²) in [4.78, 5) is 26.4. The molecule has 0 aliphatic rings. The van der Waals surface area contributed by atoms with Crippen molar-refractivity contribution in [3.05, 3.63) is 82.9 Å². The van der Waals surface area contributed by atoms with Crippen molar-refractivity contribution >= 4 is 32.9 Å². The molecule has 14 heteroatoms. The maximum atomic E-state index is 13.7. The molecule has 4 aromatic heterocycles. The van der Waals surface area contributed by atoms with Crippen LogP contribution in [-0.4, -0.2) is 50.9 Å². The molecule has 1 atom stereocenters. The molecule has 5 rings (SSSR count). The highest BCUT2D eigenvalue weighted by Crippen LogP contribution is 2.36. The van der Waals surface area contributed by atoms with E-state index in [0.717, 1.165) is 11.8 Å². The second-order valence-electron chi connectivity index (χ2n) is 9.13. The van der Waals surface area contributed by atoms with Crippen LogP contribution in [0.4, 0.5) is 17.3 Å². The molecule has 0 bridgehead atoms. The second-order valence-corrected chi connectivity index (χ2v) is 10.9. The average Bonchev–Trinajstić information content (AvgIpc) is 3.29. The van der Waals surface area contributed by atoms with E-state index in [1.54, 1.807) is 15.3 Å². The SMILES string of the molecule is COc1ncc(-c2c(N)ncnc2NC(C)c2nn3ccc(C)c3c(=O)n2-c2ccccc2)cc1NS(C)(=O)=O. The van der Waals surface area contributed by atoms with Crippen molar-refractivity contribution in [2.75, 3.05) is 29.1 Å². The predicted molar refractivity (Wildman–Crippen MR) is 152 cm³/mol. The number of nitrogens with one attached hydrogen (secondary N) is 2. The van der Waals surface area contributed by atoms with E-state index in [-0.39, 0.29) is 22.9 Å². The average molecular weight is 562 g/mol. The summed E-state index contributed by atoms with van der Waals surface area (Å²) in [7, 11) is -2.25. The van der Waals surface area contributed by atoms with E-state index in [1.807, 2.05) is 50.2 Å². The van der Waals surface area contributed by atoms with Crippen LogP contribution in [0.3, 0.4) is 0 Å². The van der Waals surface area contributed by atoms with Crippen LogP contribution < -0.4 is 26.1 Å². The first kappa shape index (κ1) is 26.6. The summed E-state index contributed by atoms with van der Waals surface area (Å²) in [5.74, 6) is 0.968. The van der Waals surface area contributed by atoms with E-state index in [1.165, 1.54) is 25.7 Å². The maximum absolute atomic E-state index is 13.7. The van der Waals surface area contributed by atoms with Crippen molar-refractivity contribution < 1.29 is 13.2 Å². The Bertz CT molecular complexity index is 1890. The zero-order chi connectivity index (χ0) is 28.6. The van der Waals surface area contributed by atoms with Crippen LogP contribution in [0.15, 0.2) is 66.0 Å². The van der Waals surface area contributed by atoms with E-state index in [2.05, 4.69) is 25.0 Å². The van der Waals surface area contributed by atoms with Gasteiger partial charge >= 0.3 is 0 Å². The van der Waals surface area contributed by atoms with E-state index in [4.69, 9.17) is 15.6 Å². The van der Waals surface area contributed by atoms with Gasteiger partial charge in [-0.05, 0) is 43.7 Å². The first-order chi connectivity index (χ1) is 19.1. The summed E-state index contributed by atoms with van der Waals surface area (Å²) >= 11 is 0. The zero-order valence-corrected chi connectivity index (χ0v) is 23.0. The van der Waals surface area contributed by atoms with Crippen LogP contribution in [0.2, 0.25) is 0 Å². The number of fused-ring (bicyclic) bond motifs is 1. The number of pyridine rings is 1. The summed E-state index contributed by atoms with van der Waals surface area (Å²) in [6, 6.07) is 12.1. The lowest BCUT2D eigenvalue weighted by Crippen LogP contribution is -2.29. The summed E-state index contributed by atoms with van der Waals surface area (Å²) in [5, 5.41) is 8.08. The Hall–Kier alpha value is -4.98. The molecule has 5 aromatic rings. The molecular formula is C26H27N9O4S. The van der Waals surface area contributed by atoms with Crippen molar-refractivity contribution in [1.29, 1.82) is 0 Å². The molecule has 0 aliphatic carbocycles. The topological polar surface area (TPSA) is 171 Å². The number of hydrogen-bond donors (Lipinski definition) is 3. The fourth-order valence-corrected chi connectivity index (χ4v) is 4.97. The first-order valence-electron chi connectivity index (χ1n) is 12.1. The largest absolute Gasteiger partial charge is 0.480 e. The van der Waals surface area contributed by atoms with Gasteiger partial charge in [0.15, 0.2) is 5.82 Å². The number of ether oxygens (including phenoxy) is 1. The highest BCUT2D eigenvalue weighted by atomic mass is 32.2. The molecule has 206 valence electrons. The molecule has 1 aromatic carbocycles. The Morgan fingerprint density at radius 3 is 2.55 bits per heavy atom. The number of aromatic nitrogens is 6. The number of anilines is 3. The maximum Gasteiger partial charge on any atom is 0.282 e. The number of aryl methyl sites for hydroxylation is 1. The molecular weight excluding hydrogens is 534 g/mol. The van der Waals surface area contributed by atoms with Crippen molar-refractivity contribution in [2.45, 2.75) is 19.9 Å². The molecule has 0 saturated heterocycles. The standard InChI is InChI=1S/C26H27N9O4S/c1-15-10-11-34-21(15)26(36)35(18-8-6-5-7-9-18)24(32-34)16(2)31-23-20(22(27)29-14-30-23)17-12-19(33-40(4,37)38)25(39-3)28-13-17/h5-14,16,33H,1-4H3,(H3,27,29,30,31). The molecule has 0 saturated carbocycles. The molecule has 0 radical (unpaired) electrons. The number of para-hydroxylation sites is 1. The van der Waals surface area contributed by atoms with Crippen molar-refractivity contribution in [1.82, 2.24) is 29.1 Å². The molecule has 0 aliphatic heterocycles. The van der Waals surface area contributed by atoms with Crippen LogP contribution in [0.1, 0.15) is 24.4 Å². The highest BCUT2D eigenvalue weighted by Gasteiger charge is 2.23. The summed E-state index contributed by atoms with van der Waals surface area (Å²) in [6.07, 6.45) is 5.54. The molecule has 1 unspecified atom stereocenters. The summed E-state index contributed by atoms with van der Waals surface area (Å²) in [6.45, 7) is 3.70. The Morgan fingerprint density at radius 2 is 1.85 bits per heavy atom. The fraction of sp³-hybridized carbons (Fsp3) is 0.192. The van der Waals surface area contributed by atoms with Crippen LogP contribution in [-0.2, 0) is 10.0 Å². The number of sulfonamides is 1. The number of nitrogens with two attached hydrogens (primary N) is 1. The third-order valence-corrected chi connectivity index (χ3v) is 6.76. The Balaban J connectivity index is 1.63. The molecule has 0 spiro atoms. The lowest BCUT2D eigenvalue weighted by Gasteiger charge is -2.21. The van der Waals surface area contributed by atoms with E-state index < -0.39 is 16.1 Å². The molecule has 4 heterocycles. The van der Waals surface area contributed by atoms with Gasteiger partial charge in [0.05, 0.1) is 30.7 Å². The van der Waals surface area contributed by atoms with E-state index >= 15 is 0 Å². The van der Waals surface area contributed by atoms with Gasteiger partial charge in [-0.3, -0.25) is 14.1 Å². The fourth-order valence-electron chi connectivity index (χ4n) is 4.43. The minimum Gasteiger partial charge on any atom is -0.480 e. The quantitative estimate of drug-likeness (QED) is 0.256. The van der Waals surface area contributed by atoms with Crippen LogP contribution in [0.5, 0.6) is 5.88 Å². The van der Waals surface area contributed by atoms with Crippen molar-refractivity contribution in [3.63, 3.8) is 0 Å². The third kappa shape index (κ3) is 5.03. The number of nitrogens with zero attached hydrogens (tertiary/aromatic N) is 6. The van der Waals surface area contributed by atoms with Gasteiger partial charge in [0.1, 0.15) is 29.2 Å². The van der Waals surface area contributed by atoms with Gasteiger partial charge in [0, 0.05) is 18.0 Å². The van der Waals surface area contributed by atoms with Gasteiger partial charge in [-0.25, -0.2) is 27.9 Å². The normalized spacial score (nSPS) is 12.3. The van der Waals surface area contributed by atoms with Gasteiger partial charge in [-0.2, -0.15) is 5.10 Å². The molecule has 40 heavy (non-hydrogen) atoms.